The van der Waals surface area contributed by atoms with Gasteiger partial charge in [-0.2, -0.15) is 0 Å². The van der Waals surface area contributed by atoms with E-state index in [4.69, 9.17) is 4.42 Å². The molecule has 1 saturated heterocycles. The molecule has 8 heteroatoms. The van der Waals surface area contributed by atoms with E-state index >= 15 is 0 Å². The highest BCUT2D eigenvalue weighted by Crippen LogP contribution is 2.25. The third kappa shape index (κ3) is 6.14. The Morgan fingerprint density at radius 1 is 1.34 bits per heavy atom. The maximum absolute atomic E-state index is 12.2. The van der Waals surface area contributed by atoms with Crippen LogP contribution in [0.2, 0.25) is 0 Å². The molecule has 8 nitrogen and oxygen atoms in total. The quantitative estimate of drug-likeness (QED) is 0.693. The number of furan rings is 1. The number of likely N-dealkylation sites (tertiary alicyclic amines) is 1. The molecular weight excluding hydrogens is 368 g/mol. The van der Waals surface area contributed by atoms with Gasteiger partial charge in [-0.15, -0.1) is 5.10 Å². The van der Waals surface area contributed by atoms with Crippen LogP contribution in [0.1, 0.15) is 60.2 Å². The molecule has 29 heavy (non-hydrogen) atoms. The summed E-state index contributed by atoms with van der Waals surface area (Å²) in [5.41, 5.74) is 0.397. The van der Waals surface area contributed by atoms with E-state index in [9.17, 15) is 4.79 Å². The minimum Gasteiger partial charge on any atom is -0.466 e. The number of carbonyl (C=O) groups is 1. The molecule has 3 heterocycles. The number of carbonyl (C=O) groups excluding carboxylic acids is 1. The Labute approximate surface area is 173 Å². The van der Waals surface area contributed by atoms with E-state index < -0.39 is 0 Å². The molecular formula is C21H34N6O2. The Balaban J connectivity index is 1.41. The molecule has 1 N–H and O–H groups in total. The smallest absolute Gasteiger partial charge is 0.273 e. The van der Waals surface area contributed by atoms with Crippen LogP contribution in [-0.2, 0) is 0 Å². The largest absolute Gasteiger partial charge is 0.466 e. The van der Waals surface area contributed by atoms with Crippen molar-refractivity contribution in [3.63, 3.8) is 0 Å². The second kappa shape index (κ2) is 10.0. The van der Waals surface area contributed by atoms with Crippen LogP contribution in [0.4, 0.5) is 0 Å². The summed E-state index contributed by atoms with van der Waals surface area (Å²) in [7, 11) is 3.96. The van der Waals surface area contributed by atoms with E-state index in [1.165, 1.54) is 0 Å². The highest BCUT2D eigenvalue weighted by Gasteiger charge is 2.23. The van der Waals surface area contributed by atoms with Gasteiger partial charge < -0.3 is 19.5 Å². The molecule has 1 aliphatic rings. The lowest BCUT2D eigenvalue weighted by atomic mass is 10.0. The van der Waals surface area contributed by atoms with Gasteiger partial charge in [0, 0.05) is 32.1 Å². The standard InChI is InChI=1S/C21H34N6O2/c1-16(20-6-5-17(2)29-20)7-11-26-12-8-18(9-13-26)27-15-19(23-24-27)21(28)22-10-14-25(3)4/h5-6,15-16,18H,7-14H2,1-4H3,(H,22,28)/t16-/m0/s1. The van der Waals surface area contributed by atoms with Crippen molar-refractivity contribution in [2.45, 2.75) is 45.1 Å². The van der Waals surface area contributed by atoms with Crippen molar-refractivity contribution in [2.24, 2.45) is 0 Å². The summed E-state index contributed by atoms with van der Waals surface area (Å²) in [6, 6.07) is 4.43. The zero-order valence-corrected chi connectivity index (χ0v) is 18.1. The molecule has 160 valence electrons. The molecule has 0 aliphatic carbocycles. The first-order valence-corrected chi connectivity index (χ1v) is 10.6. The average Bonchev–Trinajstić information content (AvgIpc) is 3.35. The van der Waals surface area contributed by atoms with E-state index in [2.05, 4.69) is 33.5 Å². The zero-order valence-electron chi connectivity index (χ0n) is 18.1. The molecule has 0 bridgehead atoms. The van der Waals surface area contributed by atoms with E-state index in [0.29, 0.717) is 24.2 Å². The molecule has 0 aromatic carbocycles. The number of hydrogen-bond donors (Lipinski definition) is 1. The molecule has 0 unspecified atom stereocenters. The van der Waals surface area contributed by atoms with E-state index in [0.717, 1.165) is 57.0 Å². The van der Waals surface area contributed by atoms with Gasteiger partial charge in [0.2, 0.25) is 0 Å². The molecule has 1 amide bonds. The second-order valence-electron chi connectivity index (χ2n) is 8.35. The molecule has 1 aliphatic heterocycles. The normalized spacial score (nSPS) is 17.0. The highest BCUT2D eigenvalue weighted by molar-refractivity contribution is 5.91. The summed E-state index contributed by atoms with van der Waals surface area (Å²) in [5.74, 6) is 2.34. The Morgan fingerprint density at radius 2 is 2.10 bits per heavy atom. The first-order valence-electron chi connectivity index (χ1n) is 10.6. The number of aryl methyl sites for hydroxylation is 1. The predicted molar refractivity (Wildman–Crippen MR) is 112 cm³/mol. The fraction of sp³-hybridized carbons (Fsp3) is 0.667. The zero-order chi connectivity index (χ0) is 20.8. The number of aromatic nitrogens is 3. The molecule has 0 saturated carbocycles. The van der Waals surface area contributed by atoms with Gasteiger partial charge in [-0.3, -0.25) is 4.79 Å². The van der Waals surface area contributed by atoms with Crippen molar-refractivity contribution in [1.29, 1.82) is 0 Å². The number of rotatable bonds is 9. The first kappa shape index (κ1) is 21.5. The average molecular weight is 403 g/mol. The number of hydrogen-bond acceptors (Lipinski definition) is 6. The number of piperidine rings is 1. The van der Waals surface area contributed by atoms with Gasteiger partial charge in [-0.25, -0.2) is 4.68 Å². The second-order valence-corrected chi connectivity index (χ2v) is 8.35. The third-order valence-electron chi connectivity index (χ3n) is 5.64. The van der Waals surface area contributed by atoms with Crippen LogP contribution in [0.3, 0.4) is 0 Å². The predicted octanol–water partition coefficient (Wildman–Crippen LogP) is 2.30. The van der Waals surface area contributed by atoms with Crippen molar-refractivity contribution in [3.05, 3.63) is 35.5 Å². The van der Waals surface area contributed by atoms with Gasteiger partial charge >= 0.3 is 0 Å². The molecule has 1 atom stereocenters. The van der Waals surface area contributed by atoms with Gasteiger partial charge in [0.15, 0.2) is 5.69 Å². The number of amides is 1. The summed E-state index contributed by atoms with van der Waals surface area (Å²) in [5, 5.41) is 11.2. The molecule has 1 fully saturated rings. The van der Waals surface area contributed by atoms with Crippen molar-refractivity contribution in [1.82, 2.24) is 30.1 Å². The van der Waals surface area contributed by atoms with Gasteiger partial charge in [0.25, 0.3) is 5.91 Å². The Hall–Kier alpha value is -2.19. The van der Waals surface area contributed by atoms with Crippen LogP contribution in [0, 0.1) is 6.92 Å². The topological polar surface area (TPSA) is 79.4 Å². The minimum absolute atomic E-state index is 0.155. The van der Waals surface area contributed by atoms with Gasteiger partial charge in [-0.1, -0.05) is 12.1 Å². The fourth-order valence-corrected chi connectivity index (χ4v) is 3.69. The van der Waals surface area contributed by atoms with E-state index in [1.54, 1.807) is 6.20 Å². The number of nitrogens with one attached hydrogen (secondary N) is 1. The monoisotopic (exact) mass is 402 g/mol. The third-order valence-corrected chi connectivity index (χ3v) is 5.64. The minimum atomic E-state index is -0.155. The van der Waals surface area contributed by atoms with Crippen LogP contribution >= 0.6 is 0 Å². The van der Waals surface area contributed by atoms with E-state index in [-0.39, 0.29) is 5.91 Å². The Kier molecular flexibility index (Phi) is 7.44. The van der Waals surface area contributed by atoms with Crippen LogP contribution in [0.5, 0.6) is 0 Å². The number of likely N-dealkylation sites (N-methyl/N-ethyl adjacent to an activating group) is 1. The van der Waals surface area contributed by atoms with Gasteiger partial charge in [0.1, 0.15) is 11.5 Å². The van der Waals surface area contributed by atoms with Crippen molar-refractivity contribution >= 4 is 5.91 Å². The maximum Gasteiger partial charge on any atom is 0.273 e. The lowest BCUT2D eigenvalue weighted by molar-refractivity contribution is 0.0946. The molecule has 0 spiro atoms. The summed E-state index contributed by atoms with van der Waals surface area (Å²) >= 11 is 0. The van der Waals surface area contributed by atoms with Crippen LogP contribution in [0.15, 0.2) is 22.7 Å². The summed E-state index contributed by atoms with van der Waals surface area (Å²) < 4.78 is 7.61. The van der Waals surface area contributed by atoms with Crippen molar-refractivity contribution in [3.8, 4) is 0 Å². The maximum atomic E-state index is 12.2. The van der Waals surface area contributed by atoms with Crippen LogP contribution in [0.25, 0.3) is 0 Å². The lowest BCUT2D eigenvalue weighted by Gasteiger charge is -2.32. The van der Waals surface area contributed by atoms with Crippen LogP contribution in [-0.4, -0.2) is 77.5 Å². The first-order chi connectivity index (χ1) is 13.9. The van der Waals surface area contributed by atoms with Gasteiger partial charge in [0.05, 0.1) is 12.2 Å². The Bertz CT molecular complexity index is 776. The lowest BCUT2D eigenvalue weighted by Crippen LogP contribution is -2.35. The van der Waals surface area contributed by atoms with Crippen molar-refractivity contribution in [2.75, 3.05) is 46.8 Å². The summed E-state index contributed by atoms with van der Waals surface area (Å²) in [4.78, 5) is 16.7. The molecule has 2 aromatic rings. The van der Waals surface area contributed by atoms with Crippen LogP contribution < -0.4 is 5.32 Å². The summed E-state index contributed by atoms with van der Waals surface area (Å²) in [6.45, 7) is 8.78. The molecule has 0 radical (unpaired) electrons. The fourth-order valence-electron chi connectivity index (χ4n) is 3.69. The van der Waals surface area contributed by atoms with Crippen molar-refractivity contribution < 1.29 is 9.21 Å². The SMILES string of the molecule is Cc1ccc([C@@H](C)CCN2CCC(n3cc(C(=O)NCCN(C)C)nn3)CC2)o1. The number of nitrogens with zero attached hydrogens (tertiary/aromatic N) is 5. The highest BCUT2D eigenvalue weighted by atomic mass is 16.3. The van der Waals surface area contributed by atoms with E-state index in [1.807, 2.05) is 36.7 Å². The molecule has 2 aromatic heterocycles. The van der Waals surface area contributed by atoms with Gasteiger partial charge in [-0.05, 0) is 59.0 Å². The Morgan fingerprint density at radius 3 is 2.76 bits per heavy atom. The molecule has 3 rings (SSSR count). The summed E-state index contributed by atoms with van der Waals surface area (Å²) in [6.07, 6.45) is 4.93.